The number of piperazine rings is 1. The molecule has 3 rings (SSSR count). The quantitative estimate of drug-likeness (QED) is 0.616. The molecule has 168 valence electrons. The first-order valence-corrected chi connectivity index (χ1v) is 10.2. The van der Waals surface area contributed by atoms with Gasteiger partial charge < -0.3 is 10.2 Å². The van der Waals surface area contributed by atoms with Gasteiger partial charge in [0.05, 0.1) is 5.56 Å². The molecule has 1 heterocycles. The van der Waals surface area contributed by atoms with Crippen molar-refractivity contribution < 1.29 is 33.0 Å². The van der Waals surface area contributed by atoms with Crippen molar-refractivity contribution in [2.75, 3.05) is 26.2 Å². The number of carbonyl (C=O) groups is 2. The maximum absolute atomic E-state index is 13.1. The summed E-state index contributed by atoms with van der Waals surface area (Å²) in [5.74, 6) is -3.65. The van der Waals surface area contributed by atoms with Gasteiger partial charge in [0.2, 0.25) is 0 Å². The maximum Gasteiger partial charge on any atom is 0.416 e. The molecule has 0 aliphatic carbocycles. The molecule has 0 bridgehead atoms. The van der Waals surface area contributed by atoms with Crippen LogP contribution in [0.3, 0.4) is 0 Å². The van der Waals surface area contributed by atoms with Crippen molar-refractivity contribution in [3.63, 3.8) is 0 Å². The Labute approximate surface area is 186 Å². The Morgan fingerprint density at radius 3 is 1.68 bits per heavy atom. The fourth-order valence-electron chi connectivity index (χ4n) is 3.15. The number of alkyl halides is 3. The maximum atomic E-state index is 13.1. The van der Waals surface area contributed by atoms with Crippen molar-refractivity contribution in [3.8, 4) is 0 Å². The van der Waals surface area contributed by atoms with Crippen LogP contribution >= 0.6 is 15.9 Å². The molecule has 1 saturated heterocycles. The Kier molecular flexibility index (Phi) is 9.02. The van der Waals surface area contributed by atoms with E-state index in [1.54, 1.807) is 12.1 Å². The molecule has 0 amide bonds. The largest absolute Gasteiger partial charge is 0.473 e. The van der Waals surface area contributed by atoms with Crippen LogP contribution in [0.4, 0.5) is 13.2 Å². The van der Waals surface area contributed by atoms with E-state index in [9.17, 15) is 13.2 Å². The highest BCUT2D eigenvalue weighted by Crippen LogP contribution is 2.32. The van der Waals surface area contributed by atoms with Gasteiger partial charge in [-0.3, -0.25) is 9.80 Å². The van der Waals surface area contributed by atoms with Crippen molar-refractivity contribution in [3.05, 3.63) is 69.7 Å². The highest BCUT2D eigenvalue weighted by atomic mass is 79.9. The standard InChI is InChI=1S/C19H20BrF3N2.C2H2O4/c20-18-8-4-2-6-16(18)14-25-11-9-24(10-12-25)13-15-5-1-3-7-17(15)19(21,22)23;3-1(4)2(5)6/h1-8H,9-14H2;(H,3,4)(H,5,6). The molecule has 0 aromatic heterocycles. The fraction of sp³-hybridized carbons (Fsp3) is 0.333. The molecule has 6 nitrogen and oxygen atoms in total. The first kappa shape index (κ1) is 24.8. The van der Waals surface area contributed by atoms with Crippen LogP contribution in [-0.2, 0) is 28.9 Å². The summed E-state index contributed by atoms with van der Waals surface area (Å²) in [5.41, 5.74) is 1.07. The van der Waals surface area contributed by atoms with E-state index in [0.29, 0.717) is 12.1 Å². The molecule has 0 saturated carbocycles. The van der Waals surface area contributed by atoms with Crippen molar-refractivity contribution in [2.45, 2.75) is 19.3 Å². The number of nitrogens with zero attached hydrogens (tertiary/aromatic N) is 2. The molecular weight excluding hydrogens is 481 g/mol. The number of rotatable bonds is 4. The Morgan fingerprint density at radius 2 is 1.23 bits per heavy atom. The monoisotopic (exact) mass is 502 g/mol. The van der Waals surface area contributed by atoms with E-state index in [4.69, 9.17) is 19.8 Å². The smallest absolute Gasteiger partial charge is 0.416 e. The number of hydrogen-bond donors (Lipinski definition) is 2. The van der Waals surface area contributed by atoms with E-state index >= 15 is 0 Å². The summed E-state index contributed by atoms with van der Waals surface area (Å²) in [7, 11) is 0. The Morgan fingerprint density at radius 1 is 0.806 bits per heavy atom. The number of benzene rings is 2. The third-order valence-electron chi connectivity index (χ3n) is 4.72. The van der Waals surface area contributed by atoms with Crippen LogP contribution in [0.15, 0.2) is 53.0 Å². The molecule has 2 aromatic carbocycles. The highest BCUT2D eigenvalue weighted by molar-refractivity contribution is 9.10. The molecule has 2 aromatic rings. The van der Waals surface area contributed by atoms with Crippen LogP contribution in [0.2, 0.25) is 0 Å². The third-order valence-corrected chi connectivity index (χ3v) is 5.49. The summed E-state index contributed by atoms with van der Waals surface area (Å²) < 4.78 is 40.4. The number of carboxylic acid groups (broad SMARTS) is 2. The predicted molar refractivity (Wildman–Crippen MR) is 111 cm³/mol. The molecule has 1 aliphatic heterocycles. The average molecular weight is 503 g/mol. The van der Waals surface area contributed by atoms with Crippen molar-refractivity contribution >= 4 is 27.9 Å². The van der Waals surface area contributed by atoms with E-state index in [1.807, 2.05) is 18.2 Å². The van der Waals surface area contributed by atoms with Crippen molar-refractivity contribution in [1.29, 1.82) is 0 Å². The van der Waals surface area contributed by atoms with E-state index < -0.39 is 23.7 Å². The molecule has 10 heteroatoms. The van der Waals surface area contributed by atoms with Crippen LogP contribution < -0.4 is 0 Å². The van der Waals surface area contributed by atoms with Gasteiger partial charge in [-0.2, -0.15) is 13.2 Å². The van der Waals surface area contributed by atoms with Crippen LogP contribution in [-0.4, -0.2) is 58.1 Å². The second kappa shape index (κ2) is 11.3. The average Bonchev–Trinajstić information content (AvgIpc) is 2.71. The summed E-state index contributed by atoms with van der Waals surface area (Å²) in [6, 6.07) is 14.0. The molecule has 0 radical (unpaired) electrons. The summed E-state index contributed by atoms with van der Waals surface area (Å²) in [6.07, 6.45) is -4.29. The Hall–Kier alpha value is -2.43. The molecule has 0 unspecified atom stereocenters. The fourth-order valence-corrected chi connectivity index (χ4v) is 3.56. The van der Waals surface area contributed by atoms with Gasteiger partial charge in [0, 0.05) is 43.7 Å². The molecule has 2 N–H and O–H groups in total. The minimum Gasteiger partial charge on any atom is -0.473 e. The zero-order valence-corrected chi connectivity index (χ0v) is 18.1. The van der Waals surface area contributed by atoms with Crippen LogP contribution in [0.1, 0.15) is 16.7 Å². The highest BCUT2D eigenvalue weighted by Gasteiger charge is 2.33. The van der Waals surface area contributed by atoms with Gasteiger partial charge in [-0.05, 0) is 23.3 Å². The first-order valence-electron chi connectivity index (χ1n) is 9.37. The van der Waals surface area contributed by atoms with Gasteiger partial charge in [0.15, 0.2) is 0 Å². The second-order valence-electron chi connectivity index (χ2n) is 6.91. The molecule has 1 fully saturated rings. The minimum absolute atomic E-state index is 0.346. The van der Waals surface area contributed by atoms with E-state index in [1.165, 1.54) is 17.7 Å². The molecule has 31 heavy (non-hydrogen) atoms. The lowest BCUT2D eigenvalue weighted by Crippen LogP contribution is -2.45. The normalized spacial score (nSPS) is 15.1. The predicted octanol–water partition coefficient (Wildman–Crippen LogP) is 3.94. The number of carboxylic acids is 2. The van der Waals surface area contributed by atoms with Gasteiger partial charge in [-0.15, -0.1) is 0 Å². The lowest BCUT2D eigenvalue weighted by molar-refractivity contribution is -0.159. The van der Waals surface area contributed by atoms with E-state index in [2.05, 4.69) is 31.8 Å². The lowest BCUT2D eigenvalue weighted by Gasteiger charge is -2.35. The number of hydrogen-bond acceptors (Lipinski definition) is 4. The zero-order valence-electron chi connectivity index (χ0n) is 16.5. The Bertz CT molecular complexity index is 888. The minimum atomic E-state index is -4.29. The van der Waals surface area contributed by atoms with Crippen molar-refractivity contribution in [2.24, 2.45) is 0 Å². The summed E-state index contributed by atoms with van der Waals surface area (Å²) in [5, 5.41) is 14.8. The third kappa shape index (κ3) is 7.97. The molecule has 0 atom stereocenters. The van der Waals surface area contributed by atoms with Gasteiger partial charge in [-0.1, -0.05) is 52.3 Å². The van der Waals surface area contributed by atoms with Gasteiger partial charge in [0.1, 0.15) is 0 Å². The molecule has 1 aliphatic rings. The lowest BCUT2D eigenvalue weighted by atomic mass is 10.1. The van der Waals surface area contributed by atoms with Gasteiger partial charge in [-0.25, -0.2) is 9.59 Å². The van der Waals surface area contributed by atoms with Crippen molar-refractivity contribution in [1.82, 2.24) is 9.80 Å². The molecule has 0 spiro atoms. The van der Waals surface area contributed by atoms with E-state index in [0.717, 1.165) is 37.2 Å². The number of halogens is 4. The summed E-state index contributed by atoms with van der Waals surface area (Å²) in [6.45, 7) is 4.46. The SMILES string of the molecule is FC(F)(F)c1ccccc1CN1CCN(Cc2ccccc2Br)CC1.O=C(O)C(=O)O. The van der Waals surface area contributed by atoms with Crippen LogP contribution in [0.5, 0.6) is 0 Å². The zero-order chi connectivity index (χ0) is 23.0. The first-order chi connectivity index (χ1) is 14.6. The topological polar surface area (TPSA) is 81.1 Å². The Balaban J connectivity index is 0.000000501. The molecular formula is C21H22BrF3N2O4. The summed E-state index contributed by atoms with van der Waals surface area (Å²) in [4.78, 5) is 22.6. The van der Waals surface area contributed by atoms with Gasteiger partial charge >= 0.3 is 18.1 Å². The van der Waals surface area contributed by atoms with Gasteiger partial charge in [0.25, 0.3) is 0 Å². The van der Waals surface area contributed by atoms with Crippen LogP contribution in [0.25, 0.3) is 0 Å². The van der Waals surface area contributed by atoms with E-state index in [-0.39, 0.29) is 0 Å². The number of aliphatic carboxylic acids is 2. The summed E-state index contributed by atoms with van der Waals surface area (Å²) >= 11 is 3.56. The van der Waals surface area contributed by atoms with Crippen LogP contribution in [0, 0.1) is 0 Å². The second-order valence-corrected chi connectivity index (χ2v) is 7.76.